The minimum Gasteiger partial charge on any atom is -0.497 e. The van der Waals surface area contributed by atoms with Crippen LogP contribution in [0.3, 0.4) is 0 Å². The lowest BCUT2D eigenvalue weighted by molar-refractivity contribution is 0.0519. The van der Waals surface area contributed by atoms with E-state index >= 15 is 0 Å². The molecule has 1 aromatic heterocycles. The number of ether oxygens (including phenoxy) is 2. The Hall–Kier alpha value is -2.52. The van der Waals surface area contributed by atoms with Crippen LogP contribution in [0.1, 0.15) is 30.0 Å². The number of hydrogen-bond donors (Lipinski definition) is 2. The lowest BCUT2D eigenvalue weighted by atomic mass is 10.2. The summed E-state index contributed by atoms with van der Waals surface area (Å²) in [6, 6.07) is 0. The molecule has 0 spiro atoms. The Morgan fingerprint density at radius 3 is 2.92 bits per heavy atom. The number of fused-ring (bicyclic) bond motifs is 2. The first-order valence-electron chi connectivity index (χ1n) is 8.07. The Morgan fingerprint density at radius 2 is 2.27 bits per heavy atom. The van der Waals surface area contributed by atoms with Gasteiger partial charge in [-0.25, -0.2) is 9.78 Å². The highest BCUT2D eigenvalue weighted by molar-refractivity contribution is 9.11. The second-order valence-corrected chi connectivity index (χ2v) is 6.31. The number of imidazole rings is 1. The van der Waals surface area contributed by atoms with E-state index in [1.54, 1.807) is 20.4 Å². The number of hydrogen-bond acceptors (Lipinski definition) is 7. The number of hydrazine groups is 2. The molecular weight excluding hydrogens is 402 g/mol. The van der Waals surface area contributed by atoms with E-state index in [0.717, 1.165) is 27.4 Å². The molecule has 0 atom stereocenters. The Labute approximate surface area is 159 Å². The predicted molar refractivity (Wildman–Crippen MR) is 100 cm³/mol. The molecule has 0 amide bonds. The molecule has 138 valence electrons. The molecule has 26 heavy (non-hydrogen) atoms. The van der Waals surface area contributed by atoms with Gasteiger partial charge in [0.25, 0.3) is 0 Å². The van der Waals surface area contributed by atoms with Crippen molar-refractivity contribution >= 4 is 27.6 Å². The minimum absolute atomic E-state index is 0.294. The fraction of sp³-hybridized carbons (Fsp3) is 0.294. The van der Waals surface area contributed by atoms with Gasteiger partial charge in [0, 0.05) is 12.5 Å². The molecule has 3 rings (SSSR count). The van der Waals surface area contributed by atoms with E-state index in [1.165, 1.54) is 0 Å². The summed E-state index contributed by atoms with van der Waals surface area (Å²) in [6.07, 6.45) is 5.84. The highest BCUT2D eigenvalue weighted by atomic mass is 79.9. The molecule has 8 nitrogen and oxygen atoms in total. The molecular formula is C17H20BrN5O3. The maximum atomic E-state index is 12.3. The first-order chi connectivity index (χ1) is 12.5. The molecule has 2 aliphatic heterocycles. The molecule has 0 aliphatic carbocycles. The van der Waals surface area contributed by atoms with Gasteiger partial charge in [0.05, 0.1) is 36.5 Å². The molecule has 0 unspecified atom stereocenters. The van der Waals surface area contributed by atoms with E-state index in [-0.39, 0.29) is 0 Å². The Morgan fingerprint density at radius 1 is 1.50 bits per heavy atom. The maximum Gasteiger partial charge on any atom is 0.358 e. The molecule has 9 heteroatoms. The topological polar surface area (TPSA) is 80.7 Å². The summed E-state index contributed by atoms with van der Waals surface area (Å²) in [7, 11) is 1.56. The summed E-state index contributed by atoms with van der Waals surface area (Å²) in [4.78, 5) is 16.6. The molecule has 2 N–H and O–H groups in total. The third-order valence-corrected chi connectivity index (χ3v) is 4.72. The van der Waals surface area contributed by atoms with E-state index in [4.69, 9.17) is 9.47 Å². The van der Waals surface area contributed by atoms with E-state index in [0.29, 0.717) is 24.5 Å². The van der Waals surface area contributed by atoms with Gasteiger partial charge >= 0.3 is 5.97 Å². The summed E-state index contributed by atoms with van der Waals surface area (Å²) in [5, 5.41) is 1.88. The van der Waals surface area contributed by atoms with Crippen LogP contribution in [0.4, 0.5) is 0 Å². The number of esters is 1. The number of carbonyl (C=O) groups excluding carboxylic acids is 1. The Bertz CT molecular complexity index is 853. The minimum atomic E-state index is -0.437. The molecule has 0 saturated heterocycles. The number of carbonyl (C=O) groups is 1. The first kappa shape index (κ1) is 18.3. The van der Waals surface area contributed by atoms with Gasteiger partial charge in [0.1, 0.15) is 16.7 Å². The number of allylic oxidation sites excluding steroid dienone is 4. The number of nitrogens with zero attached hydrogens (tertiary/aromatic N) is 3. The van der Waals surface area contributed by atoms with Crippen LogP contribution in [0.15, 0.2) is 46.8 Å². The van der Waals surface area contributed by atoms with E-state index < -0.39 is 5.97 Å². The number of methoxy groups -OCH3 is 1. The second kappa shape index (κ2) is 7.38. The van der Waals surface area contributed by atoms with Crippen molar-refractivity contribution in [3.05, 3.63) is 58.2 Å². The van der Waals surface area contributed by atoms with Gasteiger partial charge in [-0.3, -0.25) is 10.4 Å². The van der Waals surface area contributed by atoms with Crippen LogP contribution in [0.5, 0.6) is 0 Å². The quantitative estimate of drug-likeness (QED) is 0.438. The van der Waals surface area contributed by atoms with Gasteiger partial charge in [-0.2, -0.15) is 0 Å². The fourth-order valence-electron chi connectivity index (χ4n) is 2.86. The van der Waals surface area contributed by atoms with Crippen LogP contribution >= 0.6 is 15.9 Å². The third kappa shape index (κ3) is 3.04. The number of aromatic nitrogens is 2. The van der Waals surface area contributed by atoms with Gasteiger partial charge in [-0.05, 0) is 29.8 Å². The van der Waals surface area contributed by atoms with E-state index in [9.17, 15) is 4.79 Å². The molecule has 1 aromatic rings. The average molecular weight is 422 g/mol. The van der Waals surface area contributed by atoms with E-state index in [2.05, 4.69) is 38.5 Å². The third-order valence-electron chi connectivity index (χ3n) is 4.07. The second-order valence-electron chi connectivity index (χ2n) is 5.51. The smallest absolute Gasteiger partial charge is 0.358 e. The molecule has 0 fully saturated rings. The fourth-order valence-corrected chi connectivity index (χ4v) is 3.26. The van der Waals surface area contributed by atoms with Crippen LogP contribution in [0.2, 0.25) is 0 Å². The van der Waals surface area contributed by atoms with Crippen molar-refractivity contribution in [1.29, 1.82) is 0 Å². The van der Waals surface area contributed by atoms with Crippen molar-refractivity contribution in [2.45, 2.75) is 20.3 Å². The Balaban J connectivity index is 2.20. The van der Waals surface area contributed by atoms with Crippen LogP contribution in [0, 0.1) is 0 Å². The average Bonchev–Trinajstić information content (AvgIpc) is 3.17. The van der Waals surface area contributed by atoms with Crippen LogP contribution in [-0.4, -0.2) is 34.2 Å². The summed E-state index contributed by atoms with van der Waals surface area (Å²) in [5.41, 5.74) is 9.70. The van der Waals surface area contributed by atoms with Crippen LogP contribution in [-0.2, 0) is 15.9 Å². The van der Waals surface area contributed by atoms with Gasteiger partial charge in [0.2, 0.25) is 0 Å². The normalized spacial score (nSPS) is 19.2. The van der Waals surface area contributed by atoms with Crippen molar-refractivity contribution in [3.63, 3.8) is 0 Å². The molecule has 0 saturated carbocycles. The standard InChI is InChI=1S/C17H20BrN5O3/c1-5-11-12(7-10(3)25-4)23-14(16(18)20-21-23)8-13-15(17(24)26-6-2)19-9-22(11)13/h5,7,9,20-21H,3,6,8H2,1-2,4H3/b11-5+,12-7?. The van der Waals surface area contributed by atoms with Crippen molar-refractivity contribution in [2.24, 2.45) is 0 Å². The monoisotopic (exact) mass is 421 g/mol. The summed E-state index contributed by atoms with van der Waals surface area (Å²) < 4.78 is 13.0. The first-order valence-corrected chi connectivity index (χ1v) is 8.86. The lowest BCUT2D eigenvalue weighted by Gasteiger charge is -2.23. The zero-order valence-corrected chi connectivity index (χ0v) is 16.4. The SMILES string of the molecule is C=C(C=C1/C(=C\C)n2cnc(C(=O)OCC)c2CC2=C(Br)NNN12)OC. The molecule has 0 radical (unpaired) electrons. The molecule has 3 heterocycles. The maximum absolute atomic E-state index is 12.3. The van der Waals surface area contributed by atoms with Gasteiger partial charge in [-0.15, -0.1) is 5.53 Å². The van der Waals surface area contributed by atoms with E-state index in [1.807, 2.05) is 28.7 Å². The lowest BCUT2D eigenvalue weighted by Crippen LogP contribution is -2.37. The van der Waals surface area contributed by atoms with Gasteiger partial charge in [0.15, 0.2) is 5.69 Å². The summed E-state index contributed by atoms with van der Waals surface area (Å²) >= 11 is 3.52. The molecule has 2 aliphatic rings. The largest absolute Gasteiger partial charge is 0.497 e. The van der Waals surface area contributed by atoms with Crippen molar-refractivity contribution < 1.29 is 14.3 Å². The number of nitrogens with one attached hydrogen (secondary N) is 2. The highest BCUT2D eigenvalue weighted by Gasteiger charge is 2.34. The highest BCUT2D eigenvalue weighted by Crippen LogP contribution is 2.36. The van der Waals surface area contributed by atoms with Gasteiger partial charge < -0.3 is 14.0 Å². The molecule has 0 aromatic carbocycles. The van der Waals surface area contributed by atoms with Crippen molar-refractivity contribution in [1.82, 2.24) is 25.5 Å². The number of rotatable bonds is 4. The van der Waals surface area contributed by atoms with Crippen LogP contribution < -0.4 is 11.0 Å². The zero-order chi connectivity index (χ0) is 18.8. The number of halogens is 1. The van der Waals surface area contributed by atoms with Gasteiger partial charge in [-0.1, -0.05) is 12.7 Å². The predicted octanol–water partition coefficient (Wildman–Crippen LogP) is 2.41. The summed E-state index contributed by atoms with van der Waals surface area (Å²) in [6.45, 7) is 7.87. The van der Waals surface area contributed by atoms with Crippen molar-refractivity contribution in [2.75, 3.05) is 13.7 Å². The Kier molecular flexibility index (Phi) is 5.19. The van der Waals surface area contributed by atoms with Crippen LogP contribution in [0.25, 0.3) is 5.70 Å². The summed E-state index contributed by atoms with van der Waals surface area (Å²) in [5.74, 6) is 0.0605. The zero-order valence-electron chi connectivity index (χ0n) is 14.8. The molecule has 0 bridgehead atoms. The van der Waals surface area contributed by atoms with Crippen molar-refractivity contribution in [3.8, 4) is 0 Å².